The van der Waals surface area contributed by atoms with Gasteiger partial charge in [0.25, 0.3) is 0 Å². The molecule has 21 heavy (non-hydrogen) atoms. The number of hydrogen-bond acceptors (Lipinski definition) is 4. The number of rotatable bonds is 3. The molecule has 2 aromatic heterocycles. The fourth-order valence-corrected chi connectivity index (χ4v) is 2.91. The molecule has 0 amide bonds. The summed E-state index contributed by atoms with van der Waals surface area (Å²) in [6.45, 7) is 0. The van der Waals surface area contributed by atoms with Crippen molar-refractivity contribution in [1.82, 2.24) is 14.8 Å². The molecule has 0 aliphatic rings. The molecule has 102 valence electrons. The summed E-state index contributed by atoms with van der Waals surface area (Å²) < 4.78 is 3.04. The van der Waals surface area contributed by atoms with E-state index in [9.17, 15) is 0 Å². The quantitative estimate of drug-likeness (QED) is 0.614. The molecule has 0 radical (unpaired) electrons. The van der Waals surface area contributed by atoms with Crippen molar-refractivity contribution < 1.29 is 0 Å². The lowest BCUT2D eigenvalue weighted by Gasteiger charge is -2.08. The summed E-state index contributed by atoms with van der Waals surface area (Å²) in [5.41, 5.74) is 5.98. The van der Waals surface area contributed by atoms with Gasteiger partial charge in [0.1, 0.15) is 0 Å². The van der Waals surface area contributed by atoms with E-state index in [0.29, 0.717) is 0 Å². The Balaban J connectivity index is 1.66. The molecule has 5 heteroatoms. The van der Waals surface area contributed by atoms with Crippen LogP contribution in [0.5, 0.6) is 0 Å². The maximum Gasteiger partial charge on any atom is 0.0832 e. The third-order valence-electron chi connectivity index (χ3n) is 3.23. The molecule has 2 heterocycles. The van der Waals surface area contributed by atoms with Crippen LogP contribution in [-0.4, -0.2) is 14.8 Å². The average Bonchev–Trinajstić information content (AvgIpc) is 3.18. The van der Waals surface area contributed by atoms with E-state index in [2.05, 4.69) is 39.7 Å². The molecule has 0 bridgehead atoms. The standard InChI is InChI=1S/C16H12N4S/c1-3-12(9-14(4-1)20-8-2-7-18-20)19-13-5-6-16-15(10-13)17-11-21-16/h1-11,19H. The van der Waals surface area contributed by atoms with Crippen LogP contribution < -0.4 is 5.32 Å². The molecule has 1 N–H and O–H groups in total. The summed E-state index contributed by atoms with van der Waals surface area (Å²) in [5, 5.41) is 7.66. The van der Waals surface area contributed by atoms with Gasteiger partial charge < -0.3 is 5.32 Å². The van der Waals surface area contributed by atoms with Crippen molar-refractivity contribution in [3.8, 4) is 5.69 Å². The van der Waals surface area contributed by atoms with Gasteiger partial charge in [0.15, 0.2) is 0 Å². The van der Waals surface area contributed by atoms with Crippen LogP contribution in [0.1, 0.15) is 0 Å². The molecule has 0 unspecified atom stereocenters. The van der Waals surface area contributed by atoms with Crippen molar-refractivity contribution >= 4 is 32.9 Å². The minimum Gasteiger partial charge on any atom is -0.355 e. The van der Waals surface area contributed by atoms with Crippen molar-refractivity contribution in [3.63, 3.8) is 0 Å². The number of benzene rings is 2. The Kier molecular flexibility index (Phi) is 2.90. The first-order valence-electron chi connectivity index (χ1n) is 6.59. The fourth-order valence-electron chi connectivity index (χ4n) is 2.25. The van der Waals surface area contributed by atoms with E-state index in [0.717, 1.165) is 22.6 Å². The van der Waals surface area contributed by atoms with Gasteiger partial charge >= 0.3 is 0 Å². The highest BCUT2D eigenvalue weighted by molar-refractivity contribution is 7.16. The molecule has 0 saturated heterocycles. The van der Waals surface area contributed by atoms with E-state index >= 15 is 0 Å². The first-order valence-corrected chi connectivity index (χ1v) is 7.47. The Morgan fingerprint density at radius 3 is 2.86 bits per heavy atom. The van der Waals surface area contributed by atoms with Crippen LogP contribution in [0.15, 0.2) is 66.4 Å². The zero-order chi connectivity index (χ0) is 14.1. The summed E-state index contributed by atoms with van der Waals surface area (Å²) >= 11 is 1.65. The molecule has 4 nitrogen and oxygen atoms in total. The van der Waals surface area contributed by atoms with Crippen LogP contribution in [0.4, 0.5) is 11.4 Å². The molecular formula is C16H12N4S. The minimum atomic E-state index is 1.02. The number of nitrogens with zero attached hydrogens (tertiary/aromatic N) is 3. The number of anilines is 2. The highest BCUT2D eigenvalue weighted by atomic mass is 32.1. The lowest BCUT2D eigenvalue weighted by atomic mass is 10.2. The molecule has 0 fully saturated rings. The third-order valence-corrected chi connectivity index (χ3v) is 4.04. The van der Waals surface area contributed by atoms with E-state index in [4.69, 9.17) is 0 Å². The Morgan fingerprint density at radius 2 is 1.95 bits per heavy atom. The van der Waals surface area contributed by atoms with Gasteiger partial charge in [0, 0.05) is 23.8 Å². The third kappa shape index (κ3) is 2.39. The van der Waals surface area contributed by atoms with Crippen LogP contribution in [0, 0.1) is 0 Å². The monoisotopic (exact) mass is 292 g/mol. The van der Waals surface area contributed by atoms with Gasteiger partial charge in [-0.25, -0.2) is 9.67 Å². The topological polar surface area (TPSA) is 42.7 Å². The van der Waals surface area contributed by atoms with Gasteiger partial charge in [-0.3, -0.25) is 0 Å². The van der Waals surface area contributed by atoms with Crippen molar-refractivity contribution in [1.29, 1.82) is 0 Å². The van der Waals surface area contributed by atoms with Crippen LogP contribution in [0.3, 0.4) is 0 Å². The van der Waals surface area contributed by atoms with Crippen molar-refractivity contribution in [3.05, 3.63) is 66.4 Å². The van der Waals surface area contributed by atoms with E-state index in [-0.39, 0.29) is 0 Å². The van der Waals surface area contributed by atoms with E-state index in [1.54, 1.807) is 17.5 Å². The second kappa shape index (κ2) is 5.03. The smallest absolute Gasteiger partial charge is 0.0832 e. The number of hydrogen-bond donors (Lipinski definition) is 1. The predicted octanol–water partition coefficient (Wildman–Crippen LogP) is 4.23. The number of nitrogens with one attached hydrogen (secondary N) is 1. The molecular weight excluding hydrogens is 280 g/mol. The van der Waals surface area contributed by atoms with E-state index in [1.807, 2.05) is 40.7 Å². The van der Waals surface area contributed by atoms with Crippen molar-refractivity contribution in [2.75, 3.05) is 5.32 Å². The Bertz CT molecular complexity index is 880. The van der Waals surface area contributed by atoms with Crippen LogP contribution >= 0.6 is 11.3 Å². The summed E-state index contributed by atoms with van der Waals surface area (Å²) in [5.74, 6) is 0. The van der Waals surface area contributed by atoms with E-state index < -0.39 is 0 Å². The molecule has 4 rings (SSSR count). The van der Waals surface area contributed by atoms with E-state index in [1.165, 1.54) is 4.70 Å². The maximum atomic E-state index is 4.34. The Labute approximate surface area is 125 Å². The van der Waals surface area contributed by atoms with Gasteiger partial charge in [0.2, 0.25) is 0 Å². The first kappa shape index (κ1) is 12.1. The lowest BCUT2D eigenvalue weighted by molar-refractivity contribution is 0.881. The second-order valence-corrected chi connectivity index (χ2v) is 5.55. The molecule has 0 aliphatic heterocycles. The van der Waals surface area contributed by atoms with Crippen LogP contribution in [0.25, 0.3) is 15.9 Å². The SMILES string of the molecule is c1cc(Nc2ccc3scnc3c2)cc(-n2cccn2)c1. The molecule has 2 aromatic carbocycles. The van der Waals surface area contributed by atoms with Gasteiger partial charge in [0.05, 0.1) is 21.4 Å². The molecule has 0 saturated carbocycles. The largest absolute Gasteiger partial charge is 0.355 e. The zero-order valence-electron chi connectivity index (χ0n) is 11.1. The highest BCUT2D eigenvalue weighted by Gasteiger charge is 2.01. The second-order valence-electron chi connectivity index (χ2n) is 4.66. The van der Waals surface area contributed by atoms with Gasteiger partial charge in [-0.05, 0) is 42.5 Å². The summed E-state index contributed by atoms with van der Waals surface area (Å²) in [6, 6.07) is 16.3. The molecule has 0 aliphatic carbocycles. The Morgan fingerprint density at radius 1 is 1.00 bits per heavy atom. The highest BCUT2D eigenvalue weighted by Crippen LogP contribution is 2.24. The van der Waals surface area contributed by atoms with Gasteiger partial charge in [-0.1, -0.05) is 6.07 Å². The van der Waals surface area contributed by atoms with Crippen LogP contribution in [0.2, 0.25) is 0 Å². The predicted molar refractivity (Wildman–Crippen MR) is 86.5 cm³/mol. The summed E-state index contributed by atoms with van der Waals surface area (Å²) in [6.07, 6.45) is 3.71. The normalized spacial score (nSPS) is 10.9. The number of fused-ring (bicyclic) bond motifs is 1. The molecule has 0 atom stereocenters. The van der Waals surface area contributed by atoms with Crippen LogP contribution in [-0.2, 0) is 0 Å². The lowest BCUT2D eigenvalue weighted by Crippen LogP contribution is -1.96. The molecule has 0 spiro atoms. The zero-order valence-corrected chi connectivity index (χ0v) is 11.9. The van der Waals surface area contributed by atoms with Gasteiger partial charge in [-0.15, -0.1) is 11.3 Å². The summed E-state index contributed by atoms with van der Waals surface area (Å²) in [4.78, 5) is 4.34. The number of thiazole rings is 1. The average molecular weight is 292 g/mol. The maximum absolute atomic E-state index is 4.34. The minimum absolute atomic E-state index is 1.02. The molecule has 4 aromatic rings. The number of aromatic nitrogens is 3. The van der Waals surface area contributed by atoms with Crippen molar-refractivity contribution in [2.45, 2.75) is 0 Å². The van der Waals surface area contributed by atoms with Gasteiger partial charge in [-0.2, -0.15) is 5.10 Å². The van der Waals surface area contributed by atoms with Crippen molar-refractivity contribution in [2.24, 2.45) is 0 Å². The first-order chi connectivity index (χ1) is 10.4. The fraction of sp³-hybridized carbons (Fsp3) is 0. The Hall–Kier alpha value is -2.66. The summed E-state index contributed by atoms with van der Waals surface area (Å²) in [7, 11) is 0.